The van der Waals surface area contributed by atoms with Crippen molar-refractivity contribution in [1.82, 2.24) is 94.0 Å². The van der Waals surface area contributed by atoms with Gasteiger partial charge in [-0.3, -0.25) is 72.5 Å². The van der Waals surface area contributed by atoms with Gasteiger partial charge in [-0.05, 0) is 109 Å². The van der Waals surface area contributed by atoms with Crippen LogP contribution in [0.25, 0.3) is 0 Å². The summed E-state index contributed by atoms with van der Waals surface area (Å²) in [5.74, 6) is -17.6. The molecule has 5 aromatic rings. The molecule has 0 bridgehead atoms. The van der Waals surface area contributed by atoms with Crippen molar-refractivity contribution in [3.8, 4) is 11.5 Å². The van der Waals surface area contributed by atoms with Crippen molar-refractivity contribution < 1.29 is 97.5 Å². The Bertz CT molecular complexity index is 4480. The van der Waals surface area contributed by atoms with E-state index < -0.39 is 204 Å². The Labute approximate surface area is 729 Å². The van der Waals surface area contributed by atoms with Gasteiger partial charge in [0.25, 0.3) is 0 Å². The first-order valence-electron chi connectivity index (χ1n) is 42.0. The number of carboxylic acids is 2. The van der Waals surface area contributed by atoms with Crippen molar-refractivity contribution >= 4 is 94.7 Å². The fraction of sp³-hybridized carbons (Fsp3) is 0.529. The number of aromatic nitrogens is 4. The summed E-state index contributed by atoms with van der Waals surface area (Å²) in [7, 11) is 0. The topological polar surface area (TPSA) is 650 Å². The van der Waals surface area contributed by atoms with Crippen LogP contribution in [0.2, 0.25) is 0 Å². The highest BCUT2D eigenvalue weighted by Gasteiger charge is 2.43. The number of likely N-dealkylation sites (tertiary alicyclic amines) is 1. The second-order valence-corrected chi connectivity index (χ2v) is 33.0. The second-order valence-electron chi connectivity index (χ2n) is 33.0. The molecule has 15 atom stereocenters. The number of carbonyl (C=O) groups is 15. The maximum atomic E-state index is 15.4. The minimum Gasteiger partial charge on any atom is -0.508 e. The standard InChI is InChI=1S/C85H123N21O20/c1-11-48(10)70(105-78(119)62(35-51-23-27-55(109)28-24-51)100-80(121)68(46(6)7)103-72(113)57(19-15-29-91-85(87)88)94-71(112)56(86)38-67(110)111)82(123)101-64(37-53-40-90-43-93-53)83(124)106-30-16-20-66(106)79(120)98-60(33-49-17-13-12-14-18-49)74(115)97-63(36-52-39-89-42-92-52)76(117)95-58(31-44(2)3)73(114)96-59(32-45(4)5)77(118)104-69(47(8)9)81(122)99-61(34-50-21-25-54(108)26-22-50)75(116)102-65(41-107)84(125)126/h12-14,17-18,21-28,39-40,42-48,56-66,68-70,107-109H,11,15-16,19-20,29-38,41,86H2,1-10H3,(H,89,92)(H,90,93)(H,94,112)(H,95,117)(H,96,114)(H,97,115)(H,98,120)(H,99,122)(H,100,121)(H,101,123)(H,102,116)(H,103,113)(H,104,118)(H,105,119)(H,110,111)(H,125,126)(H4,87,88,91). The molecule has 126 heavy (non-hydrogen) atoms. The Balaban J connectivity index is 1.24. The number of nitrogens with two attached hydrogens (primary N) is 2. The number of phenolic OH excluding ortho intramolecular Hbond substituents is 2. The lowest BCUT2D eigenvalue weighted by Gasteiger charge is -2.32. The molecular formula is C85H123N21O20. The van der Waals surface area contributed by atoms with Crippen molar-refractivity contribution in [2.45, 2.75) is 237 Å². The molecule has 3 aromatic carbocycles. The number of carbonyl (C=O) groups excluding carboxylic acids is 13. The molecule has 688 valence electrons. The summed E-state index contributed by atoms with van der Waals surface area (Å²) in [6.45, 7) is 16.0. The number of carboxylic acid groups (broad SMARTS) is 2. The van der Waals surface area contributed by atoms with Gasteiger partial charge in [-0.15, -0.1) is 0 Å². The van der Waals surface area contributed by atoms with Crippen molar-refractivity contribution in [3.05, 3.63) is 132 Å². The number of guanidine groups is 1. The summed E-state index contributed by atoms with van der Waals surface area (Å²) in [6.07, 6.45) is 4.30. The summed E-state index contributed by atoms with van der Waals surface area (Å²) < 4.78 is 0. The molecule has 1 aliphatic rings. The quantitative estimate of drug-likeness (QED) is 0.0119. The van der Waals surface area contributed by atoms with Crippen LogP contribution in [0, 0.1) is 35.0 Å². The first-order chi connectivity index (χ1) is 59.6. The zero-order valence-corrected chi connectivity index (χ0v) is 72.5. The highest BCUT2D eigenvalue weighted by Crippen LogP contribution is 2.23. The summed E-state index contributed by atoms with van der Waals surface area (Å²) in [5, 5.41) is 90.9. The Morgan fingerprint density at radius 2 is 0.873 bits per heavy atom. The molecule has 13 amide bonds. The average molecular weight is 1760 g/mol. The van der Waals surface area contributed by atoms with Gasteiger partial charge in [0.05, 0.1) is 43.1 Å². The normalized spacial score (nSPS) is 15.9. The van der Waals surface area contributed by atoms with Gasteiger partial charge in [-0.2, -0.15) is 0 Å². The molecule has 1 aliphatic heterocycles. The number of hydrogen-bond acceptors (Lipinski definition) is 22. The monoisotopic (exact) mass is 1760 g/mol. The van der Waals surface area contributed by atoms with Gasteiger partial charge in [0, 0.05) is 57.6 Å². The number of aromatic amines is 2. The van der Waals surface area contributed by atoms with Gasteiger partial charge >= 0.3 is 11.9 Å². The van der Waals surface area contributed by atoms with Crippen molar-refractivity contribution in [1.29, 1.82) is 5.41 Å². The first kappa shape index (κ1) is 102. The van der Waals surface area contributed by atoms with Crippen LogP contribution in [0.5, 0.6) is 11.5 Å². The number of aliphatic hydroxyl groups is 1. The van der Waals surface area contributed by atoms with Crippen molar-refractivity contribution in [2.75, 3.05) is 19.7 Å². The van der Waals surface area contributed by atoms with Crippen LogP contribution in [-0.2, 0) is 104 Å². The molecule has 1 saturated heterocycles. The van der Waals surface area contributed by atoms with Crippen LogP contribution in [0.15, 0.2) is 104 Å². The number of aromatic hydroxyl groups is 2. The zero-order valence-electron chi connectivity index (χ0n) is 72.5. The van der Waals surface area contributed by atoms with E-state index in [0.29, 0.717) is 22.4 Å². The van der Waals surface area contributed by atoms with Gasteiger partial charge < -0.3 is 121 Å². The smallest absolute Gasteiger partial charge is 0.328 e. The third-order valence-corrected chi connectivity index (χ3v) is 21.1. The molecule has 1 fully saturated rings. The van der Waals surface area contributed by atoms with Gasteiger partial charge in [0.2, 0.25) is 76.8 Å². The predicted molar refractivity (Wildman–Crippen MR) is 458 cm³/mol. The van der Waals surface area contributed by atoms with E-state index in [0.717, 1.165) is 0 Å². The zero-order chi connectivity index (χ0) is 93.2. The van der Waals surface area contributed by atoms with Crippen LogP contribution >= 0.6 is 0 Å². The first-order valence-corrected chi connectivity index (χ1v) is 42.0. The molecule has 0 radical (unpaired) electrons. The van der Waals surface area contributed by atoms with Crippen LogP contribution in [-0.4, -0.2) is 249 Å². The van der Waals surface area contributed by atoms with E-state index in [4.69, 9.17) is 16.9 Å². The van der Waals surface area contributed by atoms with Crippen molar-refractivity contribution in [2.24, 2.45) is 41.1 Å². The molecule has 6 rings (SSSR count). The third-order valence-electron chi connectivity index (χ3n) is 21.1. The van der Waals surface area contributed by atoms with Crippen LogP contribution in [0.4, 0.5) is 0 Å². The van der Waals surface area contributed by atoms with E-state index in [1.54, 1.807) is 99.6 Å². The Hall–Kier alpha value is -13.1. The van der Waals surface area contributed by atoms with E-state index in [9.17, 15) is 73.5 Å². The SMILES string of the molecule is CCC(C)C(NC(=O)C(Cc1ccc(O)cc1)NC(=O)C(NC(=O)C(CCCNC(=N)N)NC(=O)C(N)CC(=O)O)C(C)C)C(=O)NC(Cc1c[nH]cn1)C(=O)N1CCCC1C(=O)NC(Cc1ccccc1)C(=O)NC(Cc1c[nH]cn1)C(=O)NC(CC(C)C)C(=O)NC(CC(C)C)C(=O)NC(C(=O)NC(Cc1ccc(O)cc1)C(=O)NC(CO)C(=O)O)C(C)C. The molecule has 0 spiro atoms. The van der Waals surface area contributed by atoms with Gasteiger partial charge in [0.1, 0.15) is 90.0 Å². The van der Waals surface area contributed by atoms with Gasteiger partial charge in [-0.1, -0.05) is 130 Å². The second kappa shape index (κ2) is 50.0. The van der Waals surface area contributed by atoms with Crippen molar-refractivity contribution in [3.63, 3.8) is 0 Å². The van der Waals surface area contributed by atoms with E-state index in [1.807, 2.05) is 0 Å². The number of nitrogens with zero attached hydrogens (tertiary/aromatic N) is 3. The van der Waals surface area contributed by atoms with E-state index in [-0.39, 0.29) is 125 Å². The fourth-order valence-electron chi connectivity index (χ4n) is 14.0. The molecule has 3 heterocycles. The number of aliphatic hydroxyl groups excluding tert-OH is 1. The summed E-state index contributed by atoms with van der Waals surface area (Å²) in [4.78, 5) is 229. The number of H-pyrrole nitrogens is 2. The minimum atomic E-state index is -1.74. The number of amides is 13. The summed E-state index contributed by atoms with van der Waals surface area (Å²) in [6, 6.07) is -0.603. The fourth-order valence-corrected chi connectivity index (χ4v) is 14.0. The molecule has 25 N–H and O–H groups in total. The van der Waals surface area contributed by atoms with Gasteiger partial charge in [-0.25, -0.2) is 14.8 Å². The van der Waals surface area contributed by atoms with E-state index >= 15 is 24.0 Å². The maximum absolute atomic E-state index is 15.4. The molecule has 0 saturated carbocycles. The Kier molecular flexibility index (Phi) is 40.4. The number of benzene rings is 3. The van der Waals surface area contributed by atoms with Gasteiger partial charge in [0.15, 0.2) is 5.96 Å². The number of nitrogens with one attached hydrogen (secondary N) is 16. The number of imidazole rings is 2. The predicted octanol–water partition coefficient (Wildman–Crippen LogP) is -1.54. The number of rotatable bonds is 51. The van der Waals surface area contributed by atoms with Crippen LogP contribution < -0.4 is 80.6 Å². The third kappa shape index (κ3) is 32.9. The summed E-state index contributed by atoms with van der Waals surface area (Å²) in [5.41, 5.74) is 13.3. The van der Waals surface area contributed by atoms with Crippen LogP contribution in [0.1, 0.15) is 149 Å². The molecule has 0 aliphatic carbocycles. The lowest BCUT2D eigenvalue weighted by molar-refractivity contribution is -0.143. The lowest BCUT2D eigenvalue weighted by atomic mass is 9.96. The largest absolute Gasteiger partial charge is 0.508 e. The molecular weight excluding hydrogens is 1640 g/mol. The number of hydrogen-bond donors (Lipinski definition) is 23. The summed E-state index contributed by atoms with van der Waals surface area (Å²) >= 11 is 0. The Morgan fingerprint density at radius 3 is 1.31 bits per heavy atom. The minimum absolute atomic E-state index is 0.00231. The molecule has 41 nitrogen and oxygen atoms in total. The highest BCUT2D eigenvalue weighted by atomic mass is 16.4. The highest BCUT2D eigenvalue weighted by molar-refractivity contribution is 6.01. The maximum Gasteiger partial charge on any atom is 0.328 e. The molecule has 2 aromatic heterocycles. The number of phenols is 2. The number of aliphatic carboxylic acids is 2. The molecule has 41 heteroatoms. The van der Waals surface area contributed by atoms with E-state index in [1.165, 1.54) is 78.5 Å². The van der Waals surface area contributed by atoms with Crippen LogP contribution in [0.3, 0.4) is 0 Å². The van der Waals surface area contributed by atoms with E-state index in [2.05, 4.69) is 89.1 Å². The molecule has 15 unspecified atom stereocenters. The average Bonchev–Trinajstić information content (AvgIpc) is 1.62. The lowest BCUT2D eigenvalue weighted by Crippen LogP contribution is -2.62. The Morgan fingerprint density at radius 1 is 0.484 bits per heavy atom.